The average molecular weight is 224 g/mol. The fourth-order valence-corrected chi connectivity index (χ4v) is 2.23. The van der Waals surface area contributed by atoms with Crippen molar-refractivity contribution in [2.75, 3.05) is 6.61 Å². The van der Waals surface area contributed by atoms with Gasteiger partial charge in [-0.05, 0) is 42.5 Å². The predicted molar refractivity (Wildman–Crippen MR) is 59.6 cm³/mol. The van der Waals surface area contributed by atoms with Crippen LogP contribution in [0.2, 0.25) is 0 Å². The maximum atomic E-state index is 13.1. The Morgan fingerprint density at radius 1 is 1.50 bits per heavy atom. The lowest BCUT2D eigenvalue weighted by atomic mass is 9.92. The smallest absolute Gasteiger partial charge is 0.123 e. The zero-order valence-corrected chi connectivity index (χ0v) is 9.61. The second-order valence-corrected chi connectivity index (χ2v) is 4.55. The molecule has 88 valence electrons. The van der Waals surface area contributed by atoms with Crippen molar-refractivity contribution in [1.82, 2.24) is 0 Å². The highest BCUT2D eigenvalue weighted by molar-refractivity contribution is 5.29. The molecule has 0 amide bonds. The summed E-state index contributed by atoms with van der Waals surface area (Å²) in [6, 6.07) is 4.49. The van der Waals surface area contributed by atoms with Crippen LogP contribution in [0.5, 0.6) is 0 Å². The molecule has 1 aromatic rings. The largest absolute Gasteiger partial charge is 0.386 e. The Balaban J connectivity index is 2.25. The number of aryl methyl sites for hydroxylation is 1. The van der Waals surface area contributed by atoms with Crippen molar-refractivity contribution in [2.24, 2.45) is 5.92 Å². The Bertz CT molecular complexity index is 378. The van der Waals surface area contributed by atoms with Crippen LogP contribution in [0.25, 0.3) is 0 Å². The SMILES string of the molecule is Cc1ccc(F)cc1C(O)C1OCCC1C. The first-order chi connectivity index (χ1) is 7.59. The molecule has 1 aliphatic heterocycles. The molecule has 3 atom stereocenters. The molecule has 1 aliphatic rings. The molecular formula is C13H17FO2. The van der Waals surface area contributed by atoms with Crippen molar-refractivity contribution in [3.05, 3.63) is 35.1 Å². The van der Waals surface area contributed by atoms with Gasteiger partial charge in [0.2, 0.25) is 0 Å². The monoisotopic (exact) mass is 224 g/mol. The van der Waals surface area contributed by atoms with Gasteiger partial charge in [-0.15, -0.1) is 0 Å². The van der Waals surface area contributed by atoms with Crippen LogP contribution in [0.4, 0.5) is 4.39 Å². The normalized spacial score (nSPS) is 27.0. The van der Waals surface area contributed by atoms with E-state index in [1.54, 1.807) is 6.07 Å². The van der Waals surface area contributed by atoms with Crippen LogP contribution in [0, 0.1) is 18.7 Å². The molecule has 1 aromatic carbocycles. The summed E-state index contributed by atoms with van der Waals surface area (Å²) >= 11 is 0. The van der Waals surface area contributed by atoms with Crippen LogP contribution in [0.15, 0.2) is 18.2 Å². The second kappa shape index (κ2) is 4.52. The molecule has 0 radical (unpaired) electrons. The third-order valence-corrected chi connectivity index (χ3v) is 3.32. The number of ether oxygens (including phenoxy) is 1. The van der Waals surface area contributed by atoms with E-state index in [4.69, 9.17) is 4.74 Å². The number of aliphatic hydroxyl groups excluding tert-OH is 1. The number of hydrogen-bond donors (Lipinski definition) is 1. The Morgan fingerprint density at radius 2 is 2.25 bits per heavy atom. The molecule has 3 unspecified atom stereocenters. The zero-order valence-electron chi connectivity index (χ0n) is 9.61. The molecule has 0 spiro atoms. The lowest BCUT2D eigenvalue weighted by molar-refractivity contribution is -0.0182. The highest BCUT2D eigenvalue weighted by atomic mass is 19.1. The van der Waals surface area contributed by atoms with Crippen LogP contribution >= 0.6 is 0 Å². The molecule has 0 aliphatic carbocycles. The van der Waals surface area contributed by atoms with Gasteiger partial charge < -0.3 is 9.84 Å². The summed E-state index contributed by atoms with van der Waals surface area (Å²) in [5.41, 5.74) is 1.54. The van der Waals surface area contributed by atoms with E-state index in [0.717, 1.165) is 12.0 Å². The molecule has 1 saturated heterocycles. The van der Waals surface area contributed by atoms with Gasteiger partial charge in [-0.3, -0.25) is 0 Å². The first-order valence-corrected chi connectivity index (χ1v) is 5.65. The molecule has 16 heavy (non-hydrogen) atoms. The molecule has 1 N–H and O–H groups in total. The molecule has 0 aromatic heterocycles. The van der Waals surface area contributed by atoms with Crippen molar-refractivity contribution in [1.29, 1.82) is 0 Å². The van der Waals surface area contributed by atoms with Crippen molar-refractivity contribution in [3.63, 3.8) is 0 Å². The van der Waals surface area contributed by atoms with Gasteiger partial charge in [0.05, 0.1) is 6.10 Å². The van der Waals surface area contributed by atoms with Crippen LogP contribution in [0.1, 0.15) is 30.6 Å². The first kappa shape index (κ1) is 11.6. The molecule has 0 bridgehead atoms. The summed E-state index contributed by atoms with van der Waals surface area (Å²) in [5.74, 6) is 0.00275. The highest BCUT2D eigenvalue weighted by Gasteiger charge is 2.32. The fourth-order valence-electron chi connectivity index (χ4n) is 2.23. The summed E-state index contributed by atoms with van der Waals surface area (Å²) < 4.78 is 18.6. The van der Waals surface area contributed by atoms with Crippen LogP contribution in [0.3, 0.4) is 0 Å². The van der Waals surface area contributed by atoms with E-state index >= 15 is 0 Å². The summed E-state index contributed by atoms with van der Waals surface area (Å²) in [5, 5.41) is 10.2. The minimum Gasteiger partial charge on any atom is -0.386 e. The van der Waals surface area contributed by atoms with Crippen molar-refractivity contribution >= 4 is 0 Å². The summed E-state index contributed by atoms with van der Waals surface area (Å²) in [4.78, 5) is 0. The van der Waals surface area contributed by atoms with E-state index in [9.17, 15) is 9.50 Å². The quantitative estimate of drug-likeness (QED) is 0.836. The topological polar surface area (TPSA) is 29.5 Å². The minimum atomic E-state index is -0.729. The van der Waals surface area contributed by atoms with Gasteiger partial charge in [0, 0.05) is 6.61 Å². The second-order valence-electron chi connectivity index (χ2n) is 4.55. The first-order valence-electron chi connectivity index (χ1n) is 5.65. The third kappa shape index (κ3) is 2.11. The lowest BCUT2D eigenvalue weighted by Crippen LogP contribution is -2.23. The van der Waals surface area contributed by atoms with Crippen LogP contribution < -0.4 is 0 Å². The van der Waals surface area contributed by atoms with Gasteiger partial charge in [-0.1, -0.05) is 13.0 Å². The molecular weight excluding hydrogens is 207 g/mol. The molecule has 0 saturated carbocycles. The van der Waals surface area contributed by atoms with E-state index in [-0.39, 0.29) is 11.9 Å². The number of halogens is 1. The molecule has 1 heterocycles. The van der Waals surface area contributed by atoms with Gasteiger partial charge in [0.15, 0.2) is 0 Å². The number of aliphatic hydroxyl groups is 1. The standard InChI is InChI=1S/C13H17FO2/c1-8-3-4-10(14)7-11(8)12(15)13-9(2)5-6-16-13/h3-4,7,9,12-13,15H,5-6H2,1-2H3. The van der Waals surface area contributed by atoms with Crippen LogP contribution in [-0.4, -0.2) is 17.8 Å². The number of rotatable bonds is 2. The predicted octanol–water partition coefficient (Wildman–Crippen LogP) is 2.59. The maximum Gasteiger partial charge on any atom is 0.123 e. The van der Waals surface area contributed by atoms with Gasteiger partial charge >= 0.3 is 0 Å². The van der Waals surface area contributed by atoms with Gasteiger partial charge in [0.25, 0.3) is 0 Å². The Labute approximate surface area is 95.1 Å². The van der Waals surface area contributed by atoms with E-state index in [2.05, 4.69) is 6.92 Å². The molecule has 3 heteroatoms. The highest BCUT2D eigenvalue weighted by Crippen LogP contribution is 2.32. The van der Waals surface area contributed by atoms with Crippen molar-refractivity contribution < 1.29 is 14.2 Å². The van der Waals surface area contributed by atoms with Gasteiger partial charge in [0.1, 0.15) is 11.9 Å². The van der Waals surface area contributed by atoms with E-state index in [0.29, 0.717) is 18.1 Å². The molecule has 2 nitrogen and oxygen atoms in total. The molecule has 1 fully saturated rings. The van der Waals surface area contributed by atoms with Gasteiger partial charge in [-0.2, -0.15) is 0 Å². The van der Waals surface area contributed by atoms with Crippen molar-refractivity contribution in [2.45, 2.75) is 32.5 Å². The average Bonchev–Trinajstić information content (AvgIpc) is 2.67. The van der Waals surface area contributed by atoms with E-state index in [1.807, 2.05) is 6.92 Å². The van der Waals surface area contributed by atoms with Crippen molar-refractivity contribution in [3.8, 4) is 0 Å². The Morgan fingerprint density at radius 3 is 2.88 bits per heavy atom. The summed E-state index contributed by atoms with van der Waals surface area (Å²) in [7, 11) is 0. The fraction of sp³-hybridized carbons (Fsp3) is 0.538. The number of benzene rings is 1. The zero-order chi connectivity index (χ0) is 11.7. The third-order valence-electron chi connectivity index (χ3n) is 3.32. The Kier molecular flexibility index (Phi) is 3.26. The van der Waals surface area contributed by atoms with E-state index < -0.39 is 6.10 Å². The maximum absolute atomic E-state index is 13.1. The summed E-state index contributed by atoms with van der Waals surface area (Å²) in [6.07, 6.45) is 0.0181. The van der Waals surface area contributed by atoms with Crippen LogP contribution in [-0.2, 0) is 4.74 Å². The molecule has 2 rings (SSSR count). The van der Waals surface area contributed by atoms with E-state index in [1.165, 1.54) is 12.1 Å². The number of hydrogen-bond acceptors (Lipinski definition) is 2. The Hall–Kier alpha value is -0.930. The lowest BCUT2D eigenvalue weighted by Gasteiger charge is -2.23. The van der Waals surface area contributed by atoms with Gasteiger partial charge in [-0.25, -0.2) is 4.39 Å². The summed E-state index contributed by atoms with van der Waals surface area (Å²) in [6.45, 7) is 4.60. The minimum absolute atomic E-state index is 0.208.